The molecular formula is C19H30N4OS. The Balaban J connectivity index is 1.71. The zero-order valence-corrected chi connectivity index (χ0v) is 16.1. The number of carbonyl (C=O) groups excluding carboxylic acids is 1. The van der Waals surface area contributed by atoms with E-state index in [1.54, 1.807) is 0 Å². The number of aliphatic imine (C=N–C) groups is 1. The number of hydrogen-bond donors (Lipinski definition) is 3. The summed E-state index contributed by atoms with van der Waals surface area (Å²) in [5.74, 6) is 0.858. The molecule has 1 amide bonds. The molecule has 0 aliphatic heterocycles. The summed E-state index contributed by atoms with van der Waals surface area (Å²) in [5, 5.41) is 10.5. The van der Waals surface area contributed by atoms with Crippen LogP contribution in [0.25, 0.3) is 0 Å². The van der Waals surface area contributed by atoms with Crippen molar-refractivity contribution in [1.82, 2.24) is 16.0 Å². The maximum absolute atomic E-state index is 12.0. The summed E-state index contributed by atoms with van der Waals surface area (Å²) in [5.41, 5.74) is 1.11. The van der Waals surface area contributed by atoms with Gasteiger partial charge in [-0.2, -0.15) is 11.8 Å². The van der Waals surface area contributed by atoms with Gasteiger partial charge in [0, 0.05) is 30.8 Å². The van der Waals surface area contributed by atoms with E-state index in [-0.39, 0.29) is 5.91 Å². The van der Waals surface area contributed by atoms with E-state index < -0.39 is 0 Å². The van der Waals surface area contributed by atoms with Crippen LogP contribution in [0.4, 0.5) is 0 Å². The smallest absolute Gasteiger partial charge is 0.222 e. The van der Waals surface area contributed by atoms with Crippen LogP contribution in [0.3, 0.4) is 0 Å². The summed E-state index contributed by atoms with van der Waals surface area (Å²) < 4.78 is 0. The van der Waals surface area contributed by atoms with Gasteiger partial charge in [-0.15, -0.1) is 0 Å². The van der Waals surface area contributed by atoms with E-state index in [9.17, 15) is 4.79 Å². The van der Waals surface area contributed by atoms with Crippen molar-refractivity contribution in [2.45, 2.75) is 50.4 Å². The maximum Gasteiger partial charge on any atom is 0.222 e. The summed E-state index contributed by atoms with van der Waals surface area (Å²) >= 11 is 1.95. The molecule has 1 aliphatic rings. The highest BCUT2D eigenvalue weighted by Gasteiger charge is 2.24. The summed E-state index contributed by atoms with van der Waals surface area (Å²) in [4.78, 5) is 16.5. The van der Waals surface area contributed by atoms with Crippen LogP contribution in [0.1, 0.15) is 38.2 Å². The lowest BCUT2D eigenvalue weighted by atomic mass is 10.2. The number of nitrogens with zero attached hydrogens (tertiary/aromatic N) is 1. The van der Waals surface area contributed by atoms with Crippen molar-refractivity contribution in [1.29, 1.82) is 0 Å². The highest BCUT2D eigenvalue weighted by molar-refractivity contribution is 7.99. The summed E-state index contributed by atoms with van der Waals surface area (Å²) in [7, 11) is 0. The van der Waals surface area contributed by atoms with Crippen LogP contribution in [0.5, 0.6) is 0 Å². The average molecular weight is 363 g/mol. The first-order valence-electron chi connectivity index (χ1n) is 9.09. The van der Waals surface area contributed by atoms with Gasteiger partial charge < -0.3 is 16.0 Å². The second kappa shape index (κ2) is 11.0. The molecule has 0 heterocycles. The van der Waals surface area contributed by atoms with Crippen LogP contribution >= 0.6 is 11.8 Å². The SMILES string of the molecule is CCNC(=NCCC(=O)NCc1ccccc1)NC1CCC(SC)C1. The van der Waals surface area contributed by atoms with Crippen molar-refractivity contribution in [3.8, 4) is 0 Å². The third-order valence-electron chi connectivity index (χ3n) is 4.34. The number of nitrogens with one attached hydrogen (secondary N) is 3. The molecule has 138 valence electrons. The van der Waals surface area contributed by atoms with Gasteiger partial charge in [-0.3, -0.25) is 9.79 Å². The Morgan fingerprint density at radius 3 is 2.72 bits per heavy atom. The first-order valence-corrected chi connectivity index (χ1v) is 10.4. The van der Waals surface area contributed by atoms with Gasteiger partial charge in [0.2, 0.25) is 5.91 Å². The zero-order chi connectivity index (χ0) is 17.9. The van der Waals surface area contributed by atoms with Crippen molar-refractivity contribution in [3.63, 3.8) is 0 Å². The quantitative estimate of drug-likeness (QED) is 0.491. The van der Waals surface area contributed by atoms with Crippen molar-refractivity contribution in [2.75, 3.05) is 19.3 Å². The molecule has 1 fully saturated rings. The van der Waals surface area contributed by atoms with Crippen LogP contribution in [-0.2, 0) is 11.3 Å². The lowest BCUT2D eigenvalue weighted by molar-refractivity contribution is -0.121. The van der Waals surface area contributed by atoms with Gasteiger partial charge in [0.15, 0.2) is 5.96 Å². The van der Waals surface area contributed by atoms with E-state index in [0.717, 1.165) is 23.3 Å². The molecule has 2 rings (SSSR count). The lowest BCUT2D eigenvalue weighted by Crippen LogP contribution is -2.42. The van der Waals surface area contributed by atoms with E-state index >= 15 is 0 Å². The number of thioether (sulfide) groups is 1. The van der Waals surface area contributed by atoms with Crippen molar-refractivity contribution < 1.29 is 4.79 Å². The monoisotopic (exact) mass is 362 g/mol. The highest BCUT2D eigenvalue weighted by Crippen LogP contribution is 2.27. The average Bonchev–Trinajstić information content (AvgIpc) is 3.08. The molecule has 25 heavy (non-hydrogen) atoms. The van der Waals surface area contributed by atoms with Crippen molar-refractivity contribution in [2.24, 2.45) is 4.99 Å². The van der Waals surface area contributed by atoms with Crippen LogP contribution in [0.15, 0.2) is 35.3 Å². The fourth-order valence-electron chi connectivity index (χ4n) is 2.95. The molecule has 2 unspecified atom stereocenters. The van der Waals surface area contributed by atoms with Gasteiger partial charge in [-0.05, 0) is 38.0 Å². The van der Waals surface area contributed by atoms with Crippen LogP contribution in [0, 0.1) is 0 Å². The third-order valence-corrected chi connectivity index (χ3v) is 5.44. The van der Waals surface area contributed by atoms with Gasteiger partial charge in [0.25, 0.3) is 0 Å². The number of guanidine groups is 1. The predicted molar refractivity (Wildman–Crippen MR) is 107 cm³/mol. The Morgan fingerprint density at radius 2 is 2.04 bits per heavy atom. The fraction of sp³-hybridized carbons (Fsp3) is 0.579. The molecule has 0 radical (unpaired) electrons. The number of hydrogen-bond acceptors (Lipinski definition) is 3. The highest BCUT2D eigenvalue weighted by atomic mass is 32.2. The molecule has 0 saturated heterocycles. The molecule has 2 atom stereocenters. The Kier molecular flexibility index (Phi) is 8.66. The topological polar surface area (TPSA) is 65.5 Å². The van der Waals surface area contributed by atoms with E-state index in [1.807, 2.05) is 42.1 Å². The van der Waals surface area contributed by atoms with Gasteiger partial charge in [-0.1, -0.05) is 30.3 Å². The van der Waals surface area contributed by atoms with Crippen LogP contribution < -0.4 is 16.0 Å². The molecule has 1 saturated carbocycles. The lowest BCUT2D eigenvalue weighted by Gasteiger charge is -2.17. The van der Waals surface area contributed by atoms with Gasteiger partial charge in [0.1, 0.15) is 0 Å². The molecule has 5 nitrogen and oxygen atoms in total. The summed E-state index contributed by atoms with van der Waals surface area (Å²) in [6.07, 6.45) is 6.22. The number of carbonyl (C=O) groups is 1. The third kappa shape index (κ3) is 7.38. The molecular weight excluding hydrogens is 332 g/mol. The number of benzene rings is 1. The second-order valence-corrected chi connectivity index (χ2v) is 7.42. The largest absolute Gasteiger partial charge is 0.357 e. The second-order valence-electron chi connectivity index (χ2n) is 6.29. The Bertz CT molecular complexity index is 550. The Hall–Kier alpha value is -1.69. The molecule has 1 aliphatic carbocycles. The molecule has 0 aromatic heterocycles. The van der Waals surface area contributed by atoms with E-state index in [0.29, 0.717) is 25.6 Å². The molecule has 3 N–H and O–H groups in total. The van der Waals surface area contributed by atoms with Gasteiger partial charge >= 0.3 is 0 Å². The minimum absolute atomic E-state index is 0.0340. The molecule has 0 spiro atoms. The standard InChI is InChI=1S/C19H30N4OS/c1-3-20-19(23-16-9-10-17(13-16)25-2)21-12-11-18(24)22-14-15-7-5-4-6-8-15/h4-8,16-17H,3,9-14H2,1-2H3,(H,22,24)(H2,20,21,23). The minimum Gasteiger partial charge on any atom is -0.357 e. The van der Waals surface area contributed by atoms with E-state index in [1.165, 1.54) is 19.3 Å². The summed E-state index contributed by atoms with van der Waals surface area (Å²) in [6.45, 7) is 3.95. The first kappa shape index (κ1) is 19.6. The zero-order valence-electron chi connectivity index (χ0n) is 15.3. The normalized spacial score (nSPS) is 20.3. The van der Waals surface area contributed by atoms with Crippen molar-refractivity contribution >= 4 is 23.6 Å². The first-order chi connectivity index (χ1) is 12.2. The molecule has 1 aromatic carbocycles. The van der Waals surface area contributed by atoms with E-state index in [4.69, 9.17) is 0 Å². The van der Waals surface area contributed by atoms with Crippen molar-refractivity contribution in [3.05, 3.63) is 35.9 Å². The number of rotatable bonds is 8. The molecule has 1 aromatic rings. The summed E-state index contributed by atoms with van der Waals surface area (Å²) in [6, 6.07) is 10.4. The Labute approximate surface area is 155 Å². The van der Waals surface area contributed by atoms with E-state index in [2.05, 4.69) is 34.1 Å². The molecule has 0 bridgehead atoms. The Morgan fingerprint density at radius 1 is 1.24 bits per heavy atom. The van der Waals surface area contributed by atoms with Crippen LogP contribution in [-0.4, -0.2) is 42.5 Å². The number of amides is 1. The predicted octanol–water partition coefficient (Wildman–Crippen LogP) is 2.53. The molecule has 6 heteroatoms. The van der Waals surface area contributed by atoms with Crippen LogP contribution in [0.2, 0.25) is 0 Å². The minimum atomic E-state index is 0.0340. The van der Waals surface area contributed by atoms with Gasteiger partial charge in [-0.25, -0.2) is 0 Å². The fourth-order valence-corrected chi connectivity index (χ4v) is 3.75. The maximum atomic E-state index is 12.0. The van der Waals surface area contributed by atoms with Gasteiger partial charge in [0.05, 0.1) is 6.54 Å².